The molecule has 10 heteroatoms. The molecule has 0 heterocycles. The smallest absolute Gasteiger partial charge is 0.346 e. The zero-order valence-corrected chi connectivity index (χ0v) is 30.8. The third-order valence-corrected chi connectivity index (χ3v) is 12.8. The summed E-state index contributed by atoms with van der Waals surface area (Å²) in [6.07, 6.45) is 34.9. The van der Waals surface area contributed by atoms with Crippen LogP contribution >= 0.6 is 0 Å². The first-order valence-electron chi connectivity index (χ1n) is 18.4. The highest BCUT2D eigenvalue weighted by atomic mass is 32.3. The van der Waals surface area contributed by atoms with E-state index in [1.54, 1.807) is 0 Å². The van der Waals surface area contributed by atoms with Crippen molar-refractivity contribution in [3.8, 4) is 0 Å². The van der Waals surface area contributed by atoms with Crippen LogP contribution in [0.5, 0.6) is 0 Å². The first kappa shape index (κ1) is 44.8. The average molecular weight is 693 g/mol. The van der Waals surface area contributed by atoms with Crippen molar-refractivity contribution in [2.24, 2.45) is 5.92 Å². The third kappa shape index (κ3) is 19.6. The summed E-state index contributed by atoms with van der Waals surface area (Å²) in [6, 6.07) is 0. The van der Waals surface area contributed by atoms with Crippen molar-refractivity contribution in [2.75, 3.05) is 0 Å². The van der Waals surface area contributed by atoms with E-state index in [4.69, 9.17) is 0 Å². The van der Waals surface area contributed by atoms with Crippen LogP contribution in [0.1, 0.15) is 187 Å². The van der Waals surface area contributed by atoms with E-state index < -0.39 is 36.2 Å². The molecule has 3 N–H and O–H groups in total. The van der Waals surface area contributed by atoms with E-state index >= 15 is 0 Å². The third-order valence-electron chi connectivity index (χ3n) is 8.98. The van der Waals surface area contributed by atoms with Gasteiger partial charge in [-0.2, -0.15) is 16.8 Å². The van der Waals surface area contributed by atoms with Crippen molar-refractivity contribution in [2.45, 2.75) is 191 Å². The number of carboxylic acid groups (broad SMARTS) is 1. The summed E-state index contributed by atoms with van der Waals surface area (Å²) in [5.74, 6) is -3.72. The quantitative estimate of drug-likeness (QED) is 0.0350. The Balaban J connectivity index is 4.70. The predicted molar refractivity (Wildman–Crippen MR) is 191 cm³/mol. The fraction of sp³-hybridized carbons (Fsp3) is 0.861. The minimum absolute atomic E-state index is 0.0365. The van der Waals surface area contributed by atoms with E-state index in [2.05, 4.69) is 38.2 Å². The molecule has 0 bridgehead atoms. The van der Waals surface area contributed by atoms with E-state index in [1.165, 1.54) is 77.0 Å². The Bertz CT molecular complexity index is 987. The van der Waals surface area contributed by atoms with Crippen LogP contribution in [0.15, 0.2) is 24.3 Å². The number of unbranched alkanes of at least 4 members (excludes halogenated alkanes) is 21. The van der Waals surface area contributed by atoms with Crippen LogP contribution < -0.4 is 0 Å². The topological polar surface area (TPSA) is 146 Å². The molecule has 8 nitrogen and oxygen atoms in total. The average Bonchev–Trinajstić information content (AvgIpc) is 2.97. The molecular formula is C36H68O8S2. The van der Waals surface area contributed by atoms with Gasteiger partial charge in [0.05, 0.1) is 0 Å². The Morgan fingerprint density at radius 3 is 1.04 bits per heavy atom. The molecule has 0 aliphatic carbocycles. The lowest BCUT2D eigenvalue weighted by Gasteiger charge is -2.31. The lowest BCUT2D eigenvalue weighted by atomic mass is 9.90. The highest BCUT2D eigenvalue weighted by molar-refractivity contribution is 8.06. The Labute approximate surface area is 282 Å². The van der Waals surface area contributed by atoms with Gasteiger partial charge in [0.15, 0.2) is 0 Å². The summed E-state index contributed by atoms with van der Waals surface area (Å²) < 4.78 is 65.3. The number of allylic oxidation sites excluding steroid dienone is 4. The predicted octanol–water partition coefficient (Wildman–Crippen LogP) is 10.8. The highest BCUT2D eigenvalue weighted by Gasteiger charge is 2.66. The summed E-state index contributed by atoms with van der Waals surface area (Å²) in [6.45, 7) is 4.43. The van der Waals surface area contributed by atoms with Crippen LogP contribution in [0.2, 0.25) is 0 Å². The molecule has 0 aromatic rings. The van der Waals surface area contributed by atoms with Gasteiger partial charge in [-0.3, -0.25) is 9.11 Å². The van der Waals surface area contributed by atoms with Crippen molar-refractivity contribution >= 4 is 26.2 Å². The van der Waals surface area contributed by atoms with Crippen LogP contribution in [0, 0.1) is 5.92 Å². The largest absolute Gasteiger partial charge is 0.479 e. The molecule has 46 heavy (non-hydrogen) atoms. The molecule has 0 aliphatic heterocycles. The van der Waals surface area contributed by atoms with E-state index in [1.807, 2.05) is 0 Å². The SMILES string of the molecule is CCCCCCCC/C=C\CCCCCCCCC(CCCCC/C=C\CCCCCCCC)C(C(=O)O)(S(=O)(=O)O)S(=O)(=O)O. The molecule has 0 saturated carbocycles. The Kier molecular flexibility index (Phi) is 27.0. The van der Waals surface area contributed by atoms with Gasteiger partial charge >= 0.3 is 10.0 Å². The summed E-state index contributed by atoms with van der Waals surface area (Å²) in [5.41, 5.74) is 0. The fourth-order valence-electron chi connectivity index (χ4n) is 6.22. The first-order chi connectivity index (χ1) is 22.0. The number of rotatable bonds is 33. The van der Waals surface area contributed by atoms with Gasteiger partial charge in [0.25, 0.3) is 20.2 Å². The van der Waals surface area contributed by atoms with Crippen LogP contribution in [0.4, 0.5) is 0 Å². The second-order valence-corrected chi connectivity index (χ2v) is 16.5. The first-order valence-corrected chi connectivity index (χ1v) is 21.3. The molecule has 0 saturated heterocycles. The number of hydrogen-bond donors (Lipinski definition) is 3. The summed E-state index contributed by atoms with van der Waals surface area (Å²) in [7, 11) is -11.4. The van der Waals surface area contributed by atoms with Crippen LogP contribution in [-0.4, -0.2) is 41.1 Å². The number of aliphatic carboxylic acids is 1. The monoisotopic (exact) mass is 692 g/mol. The van der Waals surface area contributed by atoms with Crippen molar-refractivity contribution in [3.05, 3.63) is 24.3 Å². The molecule has 0 amide bonds. The Morgan fingerprint density at radius 1 is 0.500 bits per heavy atom. The van der Waals surface area contributed by atoms with Crippen LogP contribution in [0.3, 0.4) is 0 Å². The van der Waals surface area contributed by atoms with Gasteiger partial charge in [-0.1, -0.05) is 147 Å². The Morgan fingerprint density at radius 2 is 0.761 bits per heavy atom. The van der Waals surface area contributed by atoms with Crippen molar-refractivity contribution in [3.63, 3.8) is 0 Å². The molecule has 1 unspecified atom stereocenters. The van der Waals surface area contributed by atoms with E-state index in [9.17, 15) is 35.8 Å². The lowest BCUT2D eigenvalue weighted by Crippen LogP contribution is -2.58. The molecular weight excluding hydrogens is 625 g/mol. The summed E-state index contributed by atoms with van der Waals surface area (Å²) in [4.78, 5) is 12.2. The van der Waals surface area contributed by atoms with Crippen molar-refractivity contribution in [1.82, 2.24) is 0 Å². The van der Waals surface area contributed by atoms with Crippen LogP contribution in [-0.2, 0) is 25.0 Å². The summed E-state index contributed by atoms with van der Waals surface area (Å²) >= 11 is 0. The minimum Gasteiger partial charge on any atom is -0.479 e. The molecule has 0 spiro atoms. The standard InChI is InChI=1S/C36H68O8S2/c1-3-5-7-9-11-13-15-17-18-19-21-23-25-27-29-31-33-34(36(35(37)38,45(39,40)41)46(42,43)44)32-30-28-26-24-22-20-16-14-12-10-8-6-4-2/h17-18,20,22,34H,3-16,19,21,23-33H2,1-2H3,(H,37,38)(H,39,40,41)(H,42,43,44)/b18-17-,22-20-. The minimum atomic E-state index is -5.68. The van der Waals surface area contributed by atoms with Crippen LogP contribution in [0.25, 0.3) is 0 Å². The molecule has 0 aromatic carbocycles. The van der Waals surface area contributed by atoms with Crippen molar-refractivity contribution in [1.29, 1.82) is 0 Å². The lowest BCUT2D eigenvalue weighted by molar-refractivity contribution is -0.139. The Hall–Kier alpha value is -1.23. The van der Waals surface area contributed by atoms with E-state index in [-0.39, 0.29) is 12.8 Å². The second-order valence-electron chi connectivity index (χ2n) is 13.0. The van der Waals surface area contributed by atoms with Gasteiger partial charge in [0, 0.05) is 5.92 Å². The van der Waals surface area contributed by atoms with Gasteiger partial charge in [-0.25, -0.2) is 4.79 Å². The van der Waals surface area contributed by atoms with Gasteiger partial charge < -0.3 is 5.11 Å². The van der Waals surface area contributed by atoms with Gasteiger partial charge in [0.2, 0.25) is 0 Å². The molecule has 0 aliphatic rings. The van der Waals surface area contributed by atoms with Gasteiger partial charge in [0.1, 0.15) is 0 Å². The van der Waals surface area contributed by atoms with E-state index in [0.29, 0.717) is 25.7 Å². The number of carbonyl (C=O) groups is 1. The zero-order chi connectivity index (χ0) is 34.6. The molecule has 0 fully saturated rings. The number of hydrogen-bond acceptors (Lipinski definition) is 5. The second kappa shape index (κ2) is 27.7. The molecule has 0 aromatic heterocycles. The summed E-state index contributed by atoms with van der Waals surface area (Å²) in [5, 5.41) is 9.81. The van der Waals surface area contributed by atoms with Gasteiger partial charge in [-0.05, 0) is 64.2 Å². The van der Waals surface area contributed by atoms with E-state index in [0.717, 1.165) is 57.8 Å². The normalized spacial score (nSPS) is 13.7. The molecule has 0 rings (SSSR count). The maximum Gasteiger partial charge on any atom is 0.346 e. The molecule has 0 radical (unpaired) electrons. The fourth-order valence-corrected chi connectivity index (χ4v) is 9.04. The molecule has 1 atom stereocenters. The maximum absolute atomic E-state index is 12.3. The van der Waals surface area contributed by atoms with Crippen molar-refractivity contribution < 1.29 is 35.8 Å². The zero-order valence-electron chi connectivity index (χ0n) is 29.2. The maximum atomic E-state index is 12.3. The highest BCUT2D eigenvalue weighted by Crippen LogP contribution is 2.39. The molecule has 272 valence electrons. The van der Waals surface area contributed by atoms with Gasteiger partial charge in [-0.15, -0.1) is 0 Å². The number of carboxylic acids is 1.